The Morgan fingerprint density at radius 3 is 3.20 bits per heavy atom. The first kappa shape index (κ1) is 5.68. The van der Waals surface area contributed by atoms with Crippen LogP contribution in [0.3, 0.4) is 0 Å². The van der Waals surface area contributed by atoms with Gasteiger partial charge < -0.3 is 0 Å². The van der Waals surface area contributed by atoms with E-state index in [1.807, 2.05) is 23.7 Å². The molecule has 0 saturated heterocycles. The van der Waals surface area contributed by atoms with E-state index in [4.69, 9.17) is 0 Å². The van der Waals surface area contributed by atoms with Crippen molar-refractivity contribution in [2.24, 2.45) is 0 Å². The lowest BCUT2D eigenvalue weighted by Crippen LogP contribution is -1.88. The molecule has 2 heterocycles. The fourth-order valence-electron chi connectivity index (χ4n) is 0.756. The van der Waals surface area contributed by atoms with Gasteiger partial charge in [0.2, 0.25) is 0 Å². The standard InChI is InChI=1S/C7H5N2S/c1-3-7(10-6-1)9-5-2-4-8-9/h1-3,5-6H. The van der Waals surface area contributed by atoms with Crippen LogP contribution in [0.15, 0.2) is 29.8 Å². The van der Waals surface area contributed by atoms with Crippen LogP contribution in [0, 0.1) is 6.20 Å². The van der Waals surface area contributed by atoms with Gasteiger partial charge in [-0.2, -0.15) is 5.10 Å². The van der Waals surface area contributed by atoms with E-state index in [1.165, 1.54) is 0 Å². The summed E-state index contributed by atoms with van der Waals surface area (Å²) in [5.74, 6) is 0. The molecule has 2 rings (SSSR count). The van der Waals surface area contributed by atoms with Crippen LogP contribution in [-0.2, 0) is 0 Å². The van der Waals surface area contributed by atoms with Crippen LogP contribution in [0.2, 0.25) is 0 Å². The van der Waals surface area contributed by atoms with Crippen LogP contribution in [0.25, 0.3) is 5.00 Å². The van der Waals surface area contributed by atoms with E-state index in [9.17, 15) is 0 Å². The summed E-state index contributed by atoms with van der Waals surface area (Å²) < 4.78 is 1.80. The number of hydrogen-bond acceptors (Lipinski definition) is 2. The Kier molecular flexibility index (Phi) is 1.29. The van der Waals surface area contributed by atoms with Gasteiger partial charge in [0.25, 0.3) is 0 Å². The Hall–Kier alpha value is -1.09. The number of rotatable bonds is 1. The SMILES string of the molecule is [c]1ccn(-c2cccs2)n1. The number of thiophene rings is 1. The average molecular weight is 149 g/mol. The molecule has 2 aromatic heterocycles. The van der Waals surface area contributed by atoms with Crippen LogP contribution in [0.5, 0.6) is 0 Å². The topological polar surface area (TPSA) is 17.8 Å². The minimum Gasteiger partial charge on any atom is -0.230 e. The summed E-state index contributed by atoms with van der Waals surface area (Å²) >= 11 is 1.66. The number of nitrogens with zero attached hydrogens (tertiary/aromatic N) is 2. The molecule has 0 aromatic carbocycles. The van der Waals surface area contributed by atoms with Crippen LogP contribution in [-0.4, -0.2) is 9.78 Å². The fraction of sp³-hybridized carbons (Fsp3) is 0. The van der Waals surface area contributed by atoms with E-state index in [0.717, 1.165) is 5.00 Å². The van der Waals surface area contributed by atoms with E-state index in [0.29, 0.717) is 0 Å². The predicted octanol–water partition coefficient (Wildman–Crippen LogP) is 1.73. The number of hydrogen-bond donors (Lipinski definition) is 0. The highest BCUT2D eigenvalue weighted by atomic mass is 32.1. The van der Waals surface area contributed by atoms with Crippen molar-refractivity contribution >= 4 is 11.3 Å². The van der Waals surface area contributed by atoms with E-state index >= 15 is 0 Å². The zero-order valence-electron chi connectivity index (χ0n) is 5.19. The van der Waals surface area contributed by atoms with Crippen molar-refractivity contribution < 1.29 is 0 Å². The summed E-state index contributed by atoms with van der Waals surface area (Å²) in [6.45, 7) is 0. The molecule has 0 bridgehead atoms. The van der Waals surface area contributed by atoms with E-state index < -0.39 is 0 Å². The Bertz CT molecular complexity index is 251. The molecular weight excluding hydrogens is 144 g/mol. The molecule has 0 aliphatic rings. The van der Waals surface area contributed by atoms with Crippen molar-refractivity contribution in [2.45, 2.75) is 0 Å². The van der Waals surface area contributed by atoms with Gasteiger partial charge in [-0.05, 0) is 23.6 Å². The minimum atomic E-state index is 1.13. The molecule has 0 saturated carbocycles. The van der Waals surface area contributed by atoms with Crippen molar-refractivity contribution in [1.29, 1.82) is 0 Å². The maximum absolute atomic E-state index is 3.96. The van der Waals surface area contributed by atoms with Gasteiger partial charge in [-0.3, -0.25) is 0 Å². The molecule has 49 valence electrons. The summed E-state index contributed by atoms with van der Waals surface area (Å²) in [6.07, 6.45) is 4.62. The smallest absolute Gasteiger partial charge is 0.117 e. The third-order valence-electron chi connectivity index (χ3n) is 1.19. The molecule has 0 aliphatic heterocycles. The van der Waals surface area contributed by atoms with Crippen molar-refractivity contribution in [3.63, 3.8) is 0 Å². The molecule has 0 unspecified atom stereocenters. The second-order valence-electron chi connectivity index (χ2n) is 1.84. The first-order valence-corrected chi connectivity index (χ1v) is 3.80. The van der Waals surface area contributed by atoms with Crippen molar-refractivity contribution in [3.05, 3.63) is 36.0 Å². The average Bonchev–Trinajstić information content (AvgIpc) is 2.59. The maximum Gasteiger partial charge on any atom is 0.117 e. The molecule has 2 nitrogen and oxygen atoms in total. The molecule has 2 aromatic rings. The molecule has 10 heavy (non-hydrogen) atoms. The Labute approximate surface area is 62.7 Å². The highest BCUT2D eigenvalue weighted by Crippen LogP contribution is 2.12. The molecule has 0 aliphatic carbocycles. The minimum absolute atomic E-state index is 1.13. The molecule has 1 radical (unpaired) electrons. The highest BCUT2D eigenvalue weighted by Gasteiger charge is 1.93. The van der Waals surface area contributed by atoms with E-state index in [2.05, 4.69) is 11.3 Å². The normalized spacial score (nSPS) is 10.0. The third kappa shape index (κ3) is 0.844. The van der Waals surface area contributed by atoms with Crippen LogP contribution >= 0.6 is 11.3 Å². The lowest BCUT2D eigenvalue weighted by atomic mass is 10.6. The van der Waals surface area contributed by atoms with Gasteiger partial charge in [-0.25, -0.2) is 4.68 Å². The lowest BCUT2D eigenvalue weighted by Gasteiger charge is -1.91. The van der Waals surface area contributed by atoms with Crippen molar-refractivity contribution in [1.82, 2.24) is 9.78 Å². The number of aromatic nitrogens is 2. The lowest BCUT2D eigenvalue weighted by molar-refractivity contribution is 0.894. The Morgan fingerprint density at radius 1 is 1.60 bits per heavy atom. The zero-order valence-corrected chi connectivity index (χ0v) is 6.01. The zero-order chi connectivity index (χ0) is 6.81. The molecule has 3 heteroatoms. The van der Waals surface area contributed by atoms with Crippen LogP contribution in [0.1, 0.15) is 0 Å². The fourth-order valence-corrected chi connectivity index (χ4v) is 1.42. The van der Waals surface area contributed by atoms with Gasteiger partial charge in [0, 0.05) is 6.20 Å². The van der Waals surface area contributed by atoms with Gasteiger partial charge in [0.15, 0.2) is 0 Å². The second-order valence-corrected chi connectivity index (χ2v) is 2.77. The summed E-state index contributed by atoms with van der Waals surface area (Å²) in [6, 6.07) is 5.81. The Balaban J connectivity index is 2.48. The maximum atomic E-state index is 3.96. The van der Waals surface area contributed by atoms with E-state index in [1.54, 1.807) is 22.1 Å². The van der Waals surface area contributed by atoms with E-state index in [-0.39, 0.29) is 0 Å². The summed E-state index contributed by atoms with van der Waals surface area (Å²) in [5, 5.41) is 7.11. The summed E-state index contributed by atoms with van der Waals surface area (Å²) in [7, 11) is 0. The quantitative estimate of drug-likeness (QED) is 0.603. The Morgan fingerprint density at radius 2 is 2.60 bits per heavy atom. The first-order chi connectivity index (χ1) is 4.97. The van der Waals surface area contributed by atoms with Crippen LogP contribution in [0.4, 0.5) is 0 Å². The molecule has 0 spiro atoms. The molecular formula is C7H5N2S. The molecule has 0 N–H and O–H groups in total. The van der Waals surface area contributed by atoms with Gasteiger partial charge in [-0.15, -0.1) is 11.3 Å². The molecule has 0 amide bonds. The van der Waals surface area contributed by atoms with Gasteiger partial charge in [0.05, 0.1) is 0 Å². The molecule has 0 fully saturated rings. The predicted molar refractivity (Wildman–Crippen MR) is 40.3 cm³/mol. The monoisotopic (exact) mass is 149 g/mol. The third-order valence-corrected chi connectivity index (χ3v) is 2.05. The second kappa shape index (κ2) is 2.27. The van der Waals surface area contributed by atoms with Crippen LogP contribution < -0.4 is 0 Å². The highest BCUT2D eigenvalue weighted by molar-refractivity contribution is 7.12. The largest absolute Gasteiger partial charge is 0.230 e. The van der Waals surface area contributed by atoms with Crippen molar-refractivity contribution in [2.75, 3.05) is 0 Å². The van der Waals surface area contributed by atoms with Gasteiger partial charge >= 0.3 is 0 Å². The molecule has 0 atom stereocenters. The van der Waals surface area contributed by atoms with Gasteiger partial charge in [0.1, 0.15) is 11.2 Å². The summed E-state index contributed by atoms with van der Waals surface area (Å²) in [4.78, 5) is 0. The van der Waals surface area contributed by atoms with Gasteiger partial charge in [-0.1, -0.05) is 0 Å². The first-order valence-electron chi connectivity index (χ1n) is 2.92. The summed E-state index contributed by atoms with van der Waals surface area (Å²) in [5.41, 5.74) is 0. The van der Waals surface area contributed by atoms with Crippen molar-refractivity contribution in [3.8, 4) is 5.00 Å².